The van der Waals surface area contributed by atoms with Crippen LogP contribution in [0.1, 0.15) is 29.5 Å². The van der Waals surface area contributed by atoms with Gasteiger partial charge in [-0.3, -0.25) is 4.79 Å². The highest BCUT2D eigenvalue weighted by molar-refractivity contribution is 9.10. The third-order valence-electron chi connectivity index (χ3n) is 5.61. The molecule has 6 nitrogen and oxygen atoms in total. The van der Waals surface area contributed by atoms with Crippen molar-refractivity contribution in [3.05, 3.63) is 69.7 Å². The Morgan fingerprint density at radius 1 is 1.19 bits per heavy atom. The van der Waals surface area contributed by atoms with E-state index in [9.17, 15) is 18.3 Å². The summed E-state index contributed by atoms with van der Waals surface area (Å²) in [7, 11) is -3.97. The number of halogens is 1. The van der Waals surface area contributed by atoms with Crippen LogP contribution >= 0.6 is 15.9 Å². The van der Waals surface area contributed by atoms with E-state index in [0.717, 1.165) is 21.2 Å². The van der Waals surface area contributed by atoms with Crippen LogP contribution in [-0.4, -0.2) is 29.3 Å². The standard InChI is InChI=1S/C19H19BrN2O4S/c1-12-17(13-5-3-2-4-6-13)19(12,18(23)24)21-27(25,26)22-10-14-7-8-16(20)9-15(14)11-22/h2-9,12,17,21H,10-11H2,1H3,(H,23,24)/t12?,17-,19+/m1/s1. The van der Waals surface area contributed by atoms with Gasteiger partial charge in [-0.2, -0.15) is 17.4 Å². The average molecular weight is 451 g/mol. The molecule has 0 aromatic heterocycles. The number of benzene rings is 2. The summed E-state index contributed by atoms with van der Waals surface area (Å²) in [6, 6.07) is 14.8. The molecule has 3 atom stereocenters. The van der Waals surface area contributed by atoms with Crippen molar-refractivity contribution in [1.82, 2.24) is 9.03 Å². The zero-order chi connectivity index (χ0) is 19.4. The first-order valence-corrected chi connectivity index (χ1v) is 10.8. The van der Waals surface area contributed by atoms with Crippen LogP contribution in [0.4, 0.5) is 0 Å². The largest absolute Gasteiger partial charge is 0.480 e. The van der Waals surface area contributed by atoms with Gasteiger partial charge in [0.05, 0.1) is 0 Å². The molecule has 0 bridgehead atoms. The number of nitrogens with one attached hydrogen (secondary N) is 1. The van der Waals surface area contributed by atoms with E-state index < -0.39 is 27.6 Å². The van der Waals surface area contributed by atoms with Crippen molar-refractivity contribution < 1.29 is 18.3 Å². The van der Waals surface area contributed by atoms with Gasteiger partial charge < -0.3 is 5.11 Å². The molecule has 0 amide bonds. The maximum absolute atomic E-state index is 13.0. The summed E-state index contributed by atoms with van der Waals surface area (Å²) in [5.41, 5.74) is 1.15. The predicted octanol–water partition coefficient (Wildman–Crippen LogP) is 2.86. The van der Waals surface area contributed by atoms with Crippen LogP contribution in [0, 0.1) is 5.92 Å². The van der Waals surface area contributed by atoms with Crippen molar-refractivity contribution in [2.75, 3.05) is 0 Å². The maximum atomic E-state index is 13.0. The lowest BCUT2D eigenvalue weighted by Gasteiger charge is -2.21. The van der Waals surface area contributed by atoms with Crippen LogP contribution in [0.2, 0.25) is 0 Å². The normalized spacial score (nSPS) is 27.3. The Morgan fingerprint density at radius 3 is 2.52 bits per heavy atom. The summed E-state index contributed by atoms with van der Waals surface area (Å²) in [5, 5.41) is 9.87. The van der Waals surface area contributed by atoms with Gasteiger partial charge in [0.25, 0.3) is 10.2 Å². The molecule has 27 heavy (non-hydrogen) atoms. The first-order chi connectivity index (χ1) is 12.8. The molecule has 1 heterocycles. The van der Waals surface area contributed by atoms with Gasteiger partial charge in [0.2, 0.25) is 0 Å². The molecule has 4 rings (SSSR count). The molecule has 1 unspecified atom stereocenters. The van der Waals surface area contributed by atoms with Crippen molar-refractivity contribution in [3.63, 3.8) is 0 Å². The number of carboxylic acids is 1. The van der Waals surface area contributed by atoms with Crippen LogP contribution in [0.25, 0.3) is 0 Å². The molecule has 0 saturated heterocycles. The molecule has 0 spiro atoms. The van der Waals surface area contributed by atoms with Crippen LogP contribution in [0.5, 0.6) is 0 Å². The van der Waals surface area contributed by atoms with Crippen molar-refractivity contribution in [2.24, 2.45) is 5.92 Å². The molecule has 2 aromatic rings. The van der Waals surface area contributed by atoms with E-state index in [1.54, 1.807) is 6.92 Å². The van der Waals surface area contributed by atoms with Gasteiger partial charge in [-0.15, -0.1) is 0 Å². The second kappa shape index (κ2) is 6.41. The van der Waals surface area contributed by atoms with Gasteiger partial charge in [-0.25, -0.2) is 0 Å². The molecule has 2 aromatic carbocycles. The van der Waals surface area contributed by atoms with Crippen molar-refractivity contribution >= 4 is 32.1 Å². The first kappa shape index (κ1) is 18.6. The predicted molar refractivity (Wildman–Crippen MR) is 104 cm³/mol. The minimum atomic E-state index is -3.97. The molecular formula is C19H19BrN2O4S. The van der Waals surface area contributed by atoms with Crippen LogP contribution in [0.15, 0.2) is 53.0 Å². The molecule has 0 radical (unpaired) electrons. The second-order valence-electron chi connectivity index (χ2n) is 7.14. The number of fused-ring (bicyclic) bond motifs is 1. The number of carboxylic acid groups (broad SMARTS) is 1. The minimum Gasteiger partial charge on any atom is -0.480 e. The number of carbonyl (C=O) groups is 1. The van der Waals surface area contributed by atoms with E-state index in [-0.39, 0.29) is 19.0 Å². The first-order valence-electron chi connectivity index (χ1n) is 8.60. The van der Waals surface area contributed by atoms with E-state index in [1.165, 1.54) is 4.31 Å². The lowest BCUT2D eigenvalue weighted by atomic mass is 10.1. The average Bonchev–Trinajstić information content (AvgIpc) is 3.00. The summed E-state index contributed by atoms with van der Waals surface area (Å²) >= 11 is 3.39. The highest BCUT2D eigenvalue weighted by Crippen LogP contribution is 2.58. The Balaban J connectivity index is 1.61. The number of hydrogen-bond acceptors (Lipinski definition) is 3. The topological polar surface area (TPSA) is 86.7 Å². The minimum absolute atomic E-state index is 0.226. The van der Waals surface area contributed by atoms with Crippen molar-refractivity contribution in [2.45, 2.75) is 31.5 Å². The third-order valence-corrected chi connectivity index (χ3v) is 7.64. The monoisotopic (exact) mass is 450 g/mol. The maximum Gasteiger partial charge on any atom is 0.325 e. The van der Waals surface area contributed by atoms with Gasteiger partial charge >= 0.3 is 5.97 Å². The van der Waals surface area contributed by atoms with Gasteiger partial charge in [-0.05, 0) is 34.7 Å². The van der Waals surface area contributed by atoms with Gasteiger partial charge in [-0.1, -0.05) is 59.3 Å². The molecule has 1 fully saturated rings. The van der Waals surface area contributed by atoms with E-state index >= 15 is 0 Å². The fourth-order valence-electron chi connectivity index (χ4n) is 4.08. The Labute approximate surface area is 166 Å². The zero-order valence-corrected chi connectivity index (χ0v) is 17.0. The Morgan fingerprint density at radius 2 is 1.85 bits per heavy atom. The fourth-order valence-corrected chi connectivity index (χ4v) is 6.06. The molecule has 1 aliphatic heterocycles. The van der Waals surface area contributed by atoms with E-state index in [0.29, 0.717) is 0 Å². The van der Waals surface area contributed by atoms with Gasteiger partial charge in [0.15, 0.2) is 0 Å². The van der Waals surface area contributed by atoms with E-state index in [1.807, 2.05) is 48.5 Å². The molecule has 8 heteroatoms. The third kappa shape index (κ3) is 3.00. The number of hydrogen-bond donors (Lipinski definition) is 2. The number of aliphatic carboxylic acids is 1. The second-order valence-corrected chi connectivity index (χ2v) is 9.73. The Bertz CT molecular complexity index is 1010. The number of rotatable bonds is 5. The molecular weight excluding hydrogens is 432 g/mol. The summed E-state index contributed by atoms with van der Waals surface area (Å²) in [5.74, 6) is -1.89. The van der Waals surface area contributed by atoms with Crippen LogP contribution < -0.4 is 4.72 Å². The molecule has 2 aliphatic rings. The Hall–Kier alpha value is -1.74. The lowest BCUT2D eigenvalue weighted by molar-refractivity contribution is -0.140. The SMILES string of the molecule is CC1[C@H](c2ccccc2)[C@]1(NS(=O)(=O)N1Cc2ccc(Br)cc2C1)C(=O)O. The molecule has 2 N–H and O–H groups in total. The summed E-state index contributed by atoms with van der Waals surface area (Å²) in [4.78, 5) is 12.1. The van der Waals surface area contributed by atoms with Gasteiger partial charge in [0, 0.05) is 23.5 Å². The zero-order valence-electron chi connectivity index (χ0n) is 14.6. The molecule has 1 saturated carbocycles. The van der Waals surface area contributed by atoms with Crippen LogP contribution in [0.3, 0.4) is 0 Å². The number of nitrogens with zero attached hydrogens (tertiary/aromatic N) is 1. The Kier molecular flexibility index (Phi) is 4.42. The van der Waals surface area contributed by atoms with Gasteiger partial charge in [0.1, 0.15) is 5.54 Å². The van der Waals surface area contributed by atoms with E-state index in [2.05, 4.69) is 20.7 Å². The van der Waals surface area contributed by atoms with E-state index in [4.69, 9.17) is 0 Å². The van der Waals surface area contributed by atoms with Crippen molar-refractivity contribution in [3.8, 4) is 0 Å². The molecule has 142 valence electrons. The summed E-state index contributed by atoms with van der Waals surface area (Å²) in [6.45, 7) is 2.23. The quantitative estimate of drug-likeness (QED) is 0.732. The fraction of sp³-hybridized carbons (Fsp3) is 0.316. The highest BCUT2D eigenvalue weighted by atomic mass is 79.9. The summed E-state index contributed by atoms with van der Waals surface area (Å²) < 4.78 is 30.7. The van der Waals surface area contributed by atoms with Crippen LogP contribution in [-0.2, 0) is 28.1 Å². The molecule has 1 aliphatic carbocycles. The smallest absolute Gasteiger partial charge is 0.325 e. The van der Waals surface area contributed by atoms with Crippen molar-refractivity contribution in [1.29, 1.82) is 0 Å². The lowest BCUT2D eigenvalue weighted by Crippen LogP contribution is -2.50. The summed E-state index contributed by atoms with van der Waals surface area (Å²) in [6.07, 6.45) is 0. The highest BCUT2D eigenvalue weighted by Gasteiger charge is 2.70.